The van der Waals surface area contributed by atoms with Crippen LogP contribution in [0.25, 0.3) is 0 Å². The molecular formula is C12H11F2NO2. The van der Waals surface area contributed by atoms with Gasteiger partial charge < -0.3 is 10.1 Å². The second-order valence-electron chi connectivity index (χ2n) is 4.42. The number of piperidine rings is 1. The predicted molar refractivity (Wildman–Crippen MR) is 55.6 cm³/mol. The predicted octanol–water partition coefficient (Wildman–Crippen LogP) is 1.71. The minimum absolute atomic E-state index is 0.101. The van der Waals surface area contributed by atoms with Crippen molar-refractivity contribution in [1.82, 2.24) is 5.32 Å². The standard InChI is InChI=1S/C12H11F2NO2/c13-8-2-1-7-9(10(8)14)12(17-11(7)16)3-5-15-6-4-12/h1-2,15H,3-6H2. The molecule has 0 amide bonds. The highest BCUT2D eigenvalue weighted by Gasteiger charge is 2.48. The number of carbonyl (C=O) groups is 1. The van der Waals surface area contributed by atoms with E-state index in [9.17, 15) is 13.6 Å². The molecule has 90 valence electrons. The second-order valence-corrected chi connectivity index (χ2v) is 4.42. The van der Waals surface area contributed by atoms with E-state index < -0.39 is 23.2 Å². The lowest BCUT2D eigenvalue weighted by Crippen LogP contribution is -2.40. The van der Waals surface area contributed by atoms with Gasteiger partial charge in [0.25, 0.3) is 0 Å². The Morgan fingerprint density at radius 2 is 1.94 bits per heavy atom. The van der Waals surface area contributed by atoms with Crippen molar-refractivity contribution < 1.29 is 18.3 Å². The quantitative estimate of drug-likeness (QED) is 0.700. The molecule has 0 atom stereocenters. The lowest BCUT2D eigenvalue weighted by Gasteiger charge is -2.33. The van der Waals surface area contributed by atoms with Gasteiger partial charge in [-0.05, 0) is 25.2 Å². The summed E-state index contributed by atoms with van der Waals surface area (Å²) in [6.07, 6.45) is 0.957. The summed E-state index contributed by atoms with van der Waals surface area (Å²) in [5.74, 6) is -2.43. The average Bonchev–Trinajstić information content (AvgIpc) is 2.58. The molecule has 2 aliphatic heterocycles. The van der Waals surface area contributed by atoms with E-state index in [1.54, 1.807) is 0 Å². The normalized spacial score (nSPS) is 21.4. The van der Waals surface area contributed by atoms with Gasteiger partial charge in [0, 0.05) is 18.4 Å². The zero-order chi connectivity index (χ0) is 12.0. The summed E-state index contributed by atoms with van der Waals surface area (Å²) in [6.45, 7) is 1.26. The number of ether oxygens (including phenoxy) is 1. The highest BCUT2D eigenvalue weighted by molar-refractivity contribution is 5.94. The summed E-state index contributed by atoms with van der Waals surface area (Å²) in [5, 5.41) is 3.11. The van der Waals surface area contributed by atoms with Crippen LogP contribution in [0.3, 0.4) is 0 Å². The van der Waals surface area contributed by atoms with E-state index in [-0.39, 0.29) is 11.1 Å². The second kappa shape index (κ2) is 3.50. The summed E-state index contributed by atoms with van der Waals surface area (Å²) >= 11 is 0. The zero-order valence-electron chi connectivity index (χ0n) is 9.06. The fraction of sp³-hybridized carbons (Fsp3) is 0.417. The van der Waals surface area contributed by atoms with Crippen LogP contribution in [-0.2, 0) is 10.3 Å². The number of rotatable bonds is 0. The van der Waals surface area contributed by atoms with E-state index in [4.69, 9.17) is 4.74 Å². The maximum absolute atomic E-state index is 13.9. The molecule has 1 aromatic rings. The molecule has 0 aliphatic carbocycles. The molecule has 2 heterocycles. The maximum atomic E-state index is 13.9. The average molecular weight is 239 g/mol. The van der Waals surface area contributed by atoms with E-state index in [0.29, 0.717) is 25.9 Å². The van der Waals surface area contributed by atoms with Crippen LogP contribution < -0.4 is 5.32 Å². The van der Waals surface area contributed by atoms with Crippen molar-refractivity contribution in [3.05, 3.63) is 34.9 Å². The molecule has 0 radical (unpaired) electrons. The molecule has 0 unspecified atom stereocenters. The van der Waals surface area contributed by atoms with Gasteiger partial charge in [-0.3, -0.25) is 0 Å². The van der Waals surface area contributed by atoms with Gasteiger partial charge in [0.05, 0.1) is 5.56 Å². The number of benzene rings is 1. The molecule has 1 fully saturated rings. The molecule has 0 aromatic heterocycles. The third kappa shape index (κ3) is 1.38. The van der Waals surface area contributed by atoms with E-state index in [0.717, 1.165) is 6.07 Å². The molecule has 5 heteroatoms. The van der Waals surface area contributed by atoms with E-state index >= 15 is 0 Å². The molecule has 2 aliphatic rings. The first-order valence-corrected chi connectivity index (χ1v) is 5.57. The number of esters is 1. The molecule has 1 aromatic carbocycles. The molecule has 0 saturated carbocycles. The Hall–Kier alpha value is -1.49. The third-order valence-electron chi connectivity index (χ3n) is 3.47. The van der Waals surface area contributed by atoms with Gasteiger partial charge in [0.2, 0.25) is 0 Å². The number of hydrogen-bond acceptors (Lipinski definition) is 3. The number of nitrogens with one attached hydrogen (secondary N) is 1. The minimum Gasteiger partial charge on any atom is -0.450 e. The Labute approximate surface area is 96.8 Å². The van der Waals surface area contributed by atoms with Crippen LogP contribution in [0.5, 0.6) is 0 Å². The maximum Gasteiger partial charge on any atom is 0.339 e. The number of fused-ring (bicyclic) bond motifs is 2. The van der Waals surface area contributed by atoms with E-state index in [1.807, 2.05) is 0 Å². The largest absolute Gasteiger partial charge is 0.450 e. The Morgan fingerprint density at radius 3 is 2.65 bits per heavy atom. The van der Waals surface area contributed by atoms with Crippen LogP contribution in [0.4, 0.5) is 8.78 Å². The van der Waals surface area contributed by atoms with E-state index in [2.05, 4.69) is 5.32 Å². The first-order valence-electron chi connectivity index (χ1n) is 5.57. The van der Waals surface area contributed by atoms with Crippen LogP contribution in [0.1, 0.15) is 28.8 Å². The van der Waals surface area contributed by atoms with Gasteiger partial charge in [-0.1, -0.05) is 0 Å². The van der Waals surface area contributed by atoms with Crippen LogP contribution in [0.15, 0.2) is 12.1 Å². The molecule has 17 heavy (non-hydrogen) atoms. The fourth-order valence-corrected chi connectivity index (χ4v) is 2.63. The SMILES string of the molecule is O=C1OC2(CCNCC2)c2c1ccc(F)c2F. The highest BCUT2D eigenvalue weighted by Crippen LogP contribution is 2.44. The van der Waals surface area contributed by atoms with E-state index in [1.165, 1.54) is 6.07 Å². The molecule has 1 N–H and O–H groups in total. The molecular weight excluding hydrogens is 228 g/mol. The van der Waals surface area contributed by atoms with Gasteiger partial charge in [-0.2, -0.15) is 0 Å². The molecule has 1 spiro atoms. The van der Waals surface area contributed by atoms with Crippen molar-refractivity contribution >= 4 is 5.97 Å². The van der Waals surface area contributed by atoms with Gasteiger partial charge >= 0.3 is 5.97 Å². The van der Waals surface area contributed by atoms with Gasteiger partial charge in [-0.15, -0.1) is 0 Å². The Bertz CT molecular complexity index is 496. The number of hydrogen-bond donors (Lipinski definition) is 1. The number of halogens is 2. The smallest absolute Gasteiger partial charge is 0.339 e. The summed E-state index contributed by atoms with van der Waals surface area (Å²) in [7, 11) is 0. The van der Waals surface area contributed by atoms with Crippen molar-refractivity contribution in [2.45, 2.75) is 18.4 Å². The third-order valence-corrected chi connectivity index (χ3v) is 3.47. The first-order chi connectivity index (χ1) is 8.14. The lowest BCUT2D eigenvalue weighted by molar-refractivity contribution is -0.0257. The van der Waals surface area contributed by atoms with Crippen molar-refractivity contribution in [3.8, 4) is 0 Å². The van der Waals surface area contributed by atoms with Crippen molar-refractivity contribution in [3.63, 3.8) is 0 Å². The van der Waals surface area contributed by atoms with Crippen molar-refractivity contribution in [2.75, 3.05) is 13.1 Å². The van der Waals surface area contributed by atoms with Gasteiger partial charge in [-0.25, -0.2) is 13.6 Å². The first kappa shape index (κ1) is 10.7. The summed E-state index contributed by atoms with van der Waals surface area (Å²) in [4.78, 5) is 11.7. The fourth-order valence-electron chi connectivity index (χ4n) is 2.63. The Morgan fingerprint density at radius 1 is 1.24 bits per heavy atom. The Kier molecular flexibility index (Phi) is 2.19. The van der Waals surface area contributed by atoms with Crippen molar-refractivity contribution in [2.24, 2.45) is 0 Å². The van der Waals surface area contributed by atoms with Crippen molar-refractivity contribution in [1.29, 1.82) is 0 Å². The lowest BCUT2D eigenvalue weighted by atomic mass is 9.84. The summed E-state index contributed by atoms with van der Waals surface area (Å²) in [6, 6.07) is 2.27. The molecule has 3 rings (SSSR count). The van der Waals surface area contributed by atoms with Crippen LogP contribution in [0.2, 0.25) is 0 Å². The topological polar surface area (TPSA) is 38.3 Å². The summed E-state index contributed by atoms with van der Waals surface area (Å²) < 4.78 is 32.5. The highest BCUT2D eigenvalue weighted by atomic mass is 19.2. The van der Waals surface area contributed by atoms with Crippen LogP contribution >= 0.6 is 0 Å². The monoisotopic (exact) mass is 239 g/mol. The number of carbonyl (C=O) groups excluding carboxylic acids is 1. The molecule has 3 nitrogen and oxygen atoms in total. The minimum atomic E-state index is -0.968. The summed E-state index contributed by atoms with van der Waals surface area (Å²) in [5.41, 5.74) is -0.709. The molecule has 0 bridgehead atoms. The van der Waals surface area contributed by atoms with Crippen LogP contribution in [0, 0.1) is 11.6 Å². The van der Waals surface area contributed by atoms with Gasteiger partial charge in [0.15, 0.2) is 11.6 Å². The molecule has 1 saturated heterocycles. The van der Waals surface area contributed by atoms with Crippen LogP contribution in [-0.4, -0.2) is 19.1 Å². The zero-order valence-corrected chi connectivity index (χ0v) is 9.06. The Balaban J connectivity index is 2.20. The van der Waals surface area contributed by atoms with Gasteiger partial charge in [0.1, 0.15) is 5.60 Å².